The quantitative estimate of drug-likeness (QED) is 0.297. The van der Waals surface area contributed by atoms with E-state index >= 15 is 0 Å². The number of aliphatic carboxylic acids is 2. The van der Waals surface area contributed by atoms with Gasteiger partial charge in [-0.15, -0.1) is 0 Å². The van der Waals surface area contributed by atoms with Gasteiger partial charge < -0.3 is 35.0 Å². The lowest BCUT2D eigenvalue weighted by atomic mass is 10.2. The molecule has 120 valence electrons. The van der Waals surface area contributed by atoms with Crippen molar-refractivity contribution in [2.24, 2.45) is 0 Å². The Morgan fingerprint density at radius 3 is 1.60 bits per heavy atom. The largest absolute Gasteiger partial charge is 0.479 e. The minimum Gasteiger partial charge on any atom is -0.479 e. The van der Waals surface area contributed by atoms with Crippen LogP contribution < -0.4 is 0 Å². The standard InChI is InChI=1S/C7H16O3.C4H6O6/c1-2-4-9-6-7-10-5-3-8;5-1(3(7)8)2(6)4(9)10/h8H,2-7H2,1H3;1-2,5-6H,(H,7,8)(H,9,10). The summed E-state index contributed by atoms with van der Waals surface area (Å²) in [4.78, 5) is 19.5. The van der Waals surface area contributed by atoms with Gasteiger partial charge in [0.15, 0.2) is 12.2 Å². The summed E-state index contributed by atoms with van der Waals surface area (Å²) < 4.78 is 10.1. The van der Waals surface area contributed by atoms with Gasteiger partial charge in [-0.3, -0.25) is 0 Å². The van der Waals surface area contributed by atoms with Crippen molar-refractivity contribution in [1.29, 1.82) is 0 Å². The third-order valence-electron chi connectivity index (χ3n) is 1.76. The fraction of sp³-hybridized carbons (Fsp3) is 0.818. The van der Waals surface area contributed by atoms with E-state index in [1.807, 2.05) is 0 Å². The molecule has 20 heavy (non-hydrogen) atoms. The zero-order valence-electron chi connectivity index (χ0n) is 11.3. The zero-order chi connectivity index (χ0) is 16.0. The van der Waals surface area contributed by atoms with Crippen molar-refractivity contribution < 1.29 is 44.6 Å². The Labute approximate surface area is 116 Å². The zero-order valence-corrected chi connectivity index (χ0v) is 11.3. The van der Waals surface area contributed by atoms with Gasteiger partial charge in [0.05, 0.1) is 26.4 Å². The number of carboxylic acids is 2. The van der Waals surface area contributed by atoms with Crippen LogP contribution in [0.4, 0.5) is 0 Å². The molecule has 0 saturated heterocycles. The second-order valence-electron chi connectivity index (χ2n) is 3.51. The van der Waals surface area contributed by atoms with E-state index in [1.165, 1.54) is 0 Å². The van der Waals surface area contributed by atoms with E-state index in [2.05, 4.69) is 6.92 Å². The second-order valence-corrected chi connectivity index (χ2v) is 3.51. The van der Waals surface area contributed by atoms with Crippen LogP contribution in [-0.4, -0.2) is 82.7 Å². The lowest BCUT2D eigenvalue weighted by Gasteiger charge is -2.07. The molecule has 0 rings (SSSR count). The number of rotatable bonds is 10. The van der Waals surface area contributed by atoms with Crippen LogP contribution in [0.2, 0.25) is 0 Å². The molecule has 2 unspecified atom stereocenters. The Bertz CT molecular complexity index is 230. The van der Waals surface area contributed by atoms with Crippen molar-refractivity contribution in [3.8, 4) is 0 Å². The average Bonchev–Trinajstić information content (AvgIpc) is 2.41. The highest BCUT2D eigenvalue weighted by atomic mass is 16.5. The molecule has 0 aliphatic rings. The number of hydrogen-bond acceptors (Lipinski definition) is 7. The number of ether oxygens (including phenoxy) is 2. The number of carbonyl (C=O) groups is 2. The Morgan fingerprint density at radius 1 is 0.900 bits per heavy atom. The Balaban J connectivity index is 0. The van der Waals surface area contributed by atoms with Gasteiger partial charge >= 0.3 is 11.9 Å². The maximum Gasteiger partial charge on any atom is 0.335 e. The predicted molar refractivity (Wildman–Crippen MR) is 66.3 cm³/mol. The molecule has 0 spiro atoms. The molecule has 0 radical (unpaired) electrons. The van der Waals surface area contributed by atoms with Crippen LogP contribution in [0.5, 0.6) is 0 Å². The van der Waals surface area contributed by atoms with Crippen molar-refractivity contribution in [2.75, 3.05) is 33.0 Å². The van der Waals surface area contributed by atoms with Gasteiger partial charge in [0.1, 0.15) is 0 Å². The van der Waals surface area contributed by atoms with Crippen LogP contribution in [0.25, 0.3) is 0 Å². The van der Waals surface area contributed by atoms with Crippen molar-refractivity contribution >= 4 is 11.9 Å². The molecular weight excluding hydrogens is 276 g/mol. The Hall–Kier alpha value is -1.26. The van der Waals surface area contributed by atoms with E-state index < -0.39 is 24.1 Å². The highest BCUT2D eigenvalue weighted by molar-refractivity contribution is 5.83. The van der Waals surface area contributed by atoms with Gasteiger partial charge in [-0.25, -0.2) is 9.59 Å². The molecule has 0 aliphatic carbocycles. The molecule has 0 saturated carbocycles. The minimum absolute atomic E-state index is 0.0910. The summed E-state index contributed by atoms with van der Waals surface area (Å²) in [5, 5.41) is 40.8. The van der Waals surface area contributed by atoms with Crippen molar-refractivity contribution in [3.05, 3.63) is 0 Å². The summed E-state index contributed by atoms with van der Waals surface area (Å²) in [7, 11) is 0. The smallest absolute Gasteiger partial charge is 0.335 e. The normalized spacial score (nSPS) is 13.0. The van der Waals surface area contributed by atoms with Gasteiger partial charge in [0.25, 0.3) is 0 Å². The molecule has 0 aromatic carbocycles. The first kappa shape index (κ1) is 21.0. The van der Waals surface area contributed by atoms with E-state index in [9.17, 15) is 9.59 Å². The fourth-order valence-corrected chi connectivity index (χ4v) is 0.801. The number of hydrogen-bond donors (Lipinski definition) is 5. The highest BCUT2D eigenvalue weighted by Gasteiger charge is 2.29. The van der Waals surface area contributed by atoms with Gasteiger partial charge in [-0.05, 0) is 6.42 Å². The highest BCUT2D eigenvalue weighted by Crippen LogP contribution is 1.92. The Morgan fingerprint density at radius 2 is 1.30 bits per heavy atom. The minimum atomic E-state index is -2.27. The van der Waals surface area contributed by atoms with E-state index in [0.717, 1.165) is 13.0 Å². The molecule has 0 amide bonds. The fourth-order valence-electron chi connectivity index (χ4n) is 0.801. The molecule has 5 N–H and O–H groups in total. The molecule has 0 bridgehead atoms. The predicted octanol–water partition coefficient (Wildman–Crippen LogP) is -1.70. The molecule has 0 aromatic heterocycles. The topological polar surface area (TPSA) is 154 Å². The van der Waals surface area contributed by atoms with Crippen molar-refractivity contribution in [1.82, 2.24) is 0 Å². The number of aliphatic hydroxyl groups is 3. The van der Waals surface area contributed by atoms with E-state index in [1.54, 1.807) is 0 Å². The lowest BCUT2D eigenvalue weighted by Crippen LogP contribution is -2.39. The van der Waals surface area contributed by atoms with Crippen molar-refractivity contribution in [3.63, 3.8) is 0 Å². The SMILES string of the molecule is CCCOCCOCCO.O=C(O)C(O)C(O)C(=O)O. The van der Waals surface area contributed by atoms with Crippen LogP contribution in [-0.2, 0) is 19.1 Å². The maximum atomic E-state index is 9.77. The van der Waals surface area contributed by atoms with Crippen LogP contribution >= 0.6 is 0 Å². The third-order valence-corrected chi connectivity index (χ3v) is 1.76. The summed E-state index contributed by atoms with van der Waals surface area (Å²) in [6.07, 6.45) is -3.49. The summed E-state index contributed by atoms with van der Waals surface area (Å²) in [6, 6.07) is 0. The van der Waals surface area contributed by atoms with E-state index in [4.69, 9.17) is 35.0 Å². The Kier molecular flexibility index (Phi) is 14.9. The van der Waals surface area contributed by atoms with Gasteiger partial charge in [-0.2, -0.15) is 0 Å². The van der Waals surface area contributed by atoms with E-state index in [0.29, 0.717) is 19.8 Å². The average molecular weight is 298 g/mol. The summed E-state index contributed by atoms with van der Waals surface area (Å²) in [6.45, 7) is 4.58. The van der Waals surface area contributed by atoms with Crippen molar-refractivity contribution in [2.45, 2.75) is 25.6 Å². The van der Waals surface area contributed by atoms with Gasteiger partial charge in [0, 0.05) is 6.61 Å². The molecule has 0 heterocycles. The van der Waals surface area contributed by atoms with Crippen LogP contribution in [0.1, 0.15) is 13.3 Å². The van der Waals surface area contributed by atoms with Crippen LogP contribution in [0, 0.1) is 0 Å². The first-order valence-electron chi connectivity index (χ1n) is 5.96. The molecule has 0 fully saturated rings. The maximum absolute atomic E-state index is 9.77. The molecular formula is C11H22O9. The number of carboxylic acid groups (broad SMARTS) is 2. The summed E-state index contributed by atoms with van der Waals surface area (Å²) in [5.74, 6) is -3.54. The monoisotopic (exact) mass is 298 g/mol. The van der Waals surface area contributed by atoms with Gasteiger partial charge in [-0.1, -0.05) is 6.92 Å². The molecule has 2 atom stereocenters. The second kappa shape index (κ2) is 14.2. The molecule has 9 heteroatoms. The first-order valence-corrected chi connectivity index (χ1v) is 5.96. The molecule has 0 aromatic rings. The van der Waals surface area contributed by atoms with Crippen LogP contribution in [0.15, 0.2) is 0 Å². The van der Waals surface area contributed by atoms with Crippen LogP contribution in [0.3, 0.4) is 0 Å². The lowest BCUT2D eigenvalue weighted by molar-refractivity contribution is -0.165. The summed E-state index contributed by atoms with van der Waals surface area (Å²) >= 11 is 0. The summed E-state index contributed by atoms with van der Waals surface area (Å²) in [5.41, 5.74) is 0. The molecule has 9 nitrogen and oxygen atoms in total. The third kappa shape index (κ3) is 13.2. The first-order chi connectivity index (χ1) is 9.38. The van der Waals surface area contributed by atoms with Gasteiger partial charge in [0.2, 0.25) is 0 Å². The number of aliphatic hydroxyl groups excluding tert-OH is 3. The van der Waals surface area contributed by atoms with E-state index in [-0.39, 0.29) is 6.61 Å². The molecule has 0 aliphatic heterocycles.